The number of amides is 1. The normalized spacial score (nSPS) is 11.2. The predicted molar refractivity (Wildman–Crippen MR) is 121 cm³/mol. The largest absolute Gasteiger partial charge is 0.321 e. The number of carbonyl (C=O) groups excluding carboxylic acids is 1. The van der Waals surface area contributed by atoms with Crippen LogP contribution in [0.2, 0.25) is 0 Å². The molecule has 5 heteroatoms. The first-order valence-corrected chi connectivity index (χ1v) is 10.0. The van der Waals surface area contributed by atoms with Gasteiger partial charge in [-0.1, -0.05) is 28.1 Å². The van der Waals surface area contributed by atoms with Crippen LogP contribution in [0.25, 0.3) is 11.8 Å². The van der Waals surface area contributed by atoms with Gasteiger partial charge in [-0.25, -0.2) is 0 Å². The summed E-state index contributed by atoms with van der Waals surface area (Å²) in [6, 6.07) is 17.7. The number of nitrogens with one attached hydrogen (secondary N) is 1. The highest BCUT2D eigenvalue weighted by Crippen LogP contribution is 2.25. The third kappa shape index (κ3) is 4.49. The Bertz CT molecular complexity index is 1170. The quantitative estimate of drug-likeness (QED) is 0.392. The van der Waals surface area contributed by atoms with E-state index < -0.39 is 5.91 Å². The van der Waals surface area contributed by atoms with E-state index in [1.165, 1.54) is 0 Å². The van der Waals surface area contributed by atoms with Crippen LogP contribution in [-0.4, -0.2) is 10.5 Å². The second kappa shape index (κ2) is 8.50. The number of aromatic nitrogens is 1. The summed E-state index contributed by atoms with van der Waals surface area (Å²) in [6.07, 6.45) is 1.65. The van der Waals surface area contributed by atoms with Gasteiger partial charge in [0.25, 0.3) is 5.91 Å². The summed E-state index contributed by atoms with van der Waals surface area (Å²) >= 11 is 3.51. The van der Waals surface area contributed by atoms with Gasteiger partial charge in [-0.15, -0.1) is 0 Å². The Labute approximate surface area is 179 Å². The molecule has 3 aromatic rings. The molecule has 0 radical (unpaired) electrons. The summed E-state index contributed by atoms with van der Waals surface area (Å²) in [5.74, 6) is -0.414. The average molecular weight is 448 g/mol. The van der Waals surface area contributed by atoms with Crippen molar-refractivity contribution in [3.05, 3.63) is 86.7 Å². The van der Waals surface area contributed by atoms with Crippen molar-refractivity contribution in [2.75, 3.05) is 5.32 Å². The minimum Gasteiger partial charge on any atom is -0.321 e. The maximum Gasteiger partial charge on any atom is 0.266 e. The lowest BCUT2D eigenvalue weighted by atomic mass is 10.1. The fraction of sp³-hybridized carbons (Fsp3) is 0.167. The molecule has 0 bridgehead atoms. The number of hydrogen-bond acceptors (Lipinski definition) is 2. The Kier molecular flexibility index (Phi) is 6.05. The summed E-state index contributed by atoms with van der Waals surface area (Å²) in [7, 11) is 0. The number of nitrogens with zero attached hydrogens (tertiary/aromatic N) is 2. The van der Waals surface area contributed by atoms with Crippen molar-refractivity contribution in [2.45, 2.75) is 27.7 Å². The fourth-order valence-electron chi connectivity index (χ4n) is 3.27. The number of aryl methyl sites for hydroxylation is 3. The molecule has 4 nitrogen and oxygen atoms in total. The van der Waals surface area contributed by atoms with Crippen LogP contribution in [0.3, 0.4) is 0 Å². The van der Waals surface area contributed by atoms with Crippen molar-refractivity contribution >= 4 is 33.6 Å². The average Bonchev–Trinajstić information content (AvgIpc) is 2.95. The van der Waals surface area contributed by atoms with E-state index in [1.54, 1.807) is 6.08 Å². The molecule has 1 aromatic heterocycles. The van der Waals surface area contributed by atoms with E-state index in [9.17, 15) is 10.1 Å². The Hall–Kier alpha value is -3.10. The molecule has 29 heavy (non-hydrogen) atoms. The van der Waals surface area contributed by atoms with E-state index >= 15 is 0 Å². The molecule has 0 saturated carbocycles. The summed E-state index contributed by atoms with van der Waals surface area (Å²) in [4.78, 5) is 12.6. The van der Waals surface area contributed by atoms with Gasteiger partial charge < -0.3 is 9.88 Å². The SMILES string of the molecule is Cc1ccc(NC(=O)/C(C#N)=C/c2cc(C)n(-c3cccc(Br)c3)c2C)cc1C. The first kappa shape index (κ1) is 20.6. The number of carbonyl (C=O) groups is 1. The van der Waals surface area contributed by atoms with Crippen LogP contribution in [0.4, 0.5) is 5.69 Å². The highest BCUT2D eigenvalue weighted by atomic mass is 79.9. The minimum absolute atomic E-state index is 0.0673. The second-order valence-electron chi connectivity index (χ2n) is 7.06. The summed E-state index contributed by atoms with van der Waals surface area (Å²) < 4.78 is 3.09. The number of nitriles is 1. The first-order valence-electron chi connectivity index (χ1n) is 9.25. The zero-order valence-electron chi connectivity index (χ0n) is 16.9. The molecule has 2 aromatic carbocycles. The summed E-state index contributed by atoms with van der Waals surface area (Å²) in [6.45, 7) is 7.99. The molecule has 0 spiro atoms. The molecule has 1 heterocycles. The van der Waals surface area contributed by atoms with Gasteiger partial charge in [0.05, 0.1) is 0 Å². The molecule has 1 amide bonds. The molecule has 0 fully saturated rings. The standard InChI is InChI=1S/C24H22BrN3O/c1-15-8-9-22(10-16(15)2)27-24(29)20(14-26)12-19-11-17(3)28(18(19)4)23-7-5-6-21(25)13-23/h5-13H,1-4H3,(H,27,29)/b20-12+. The van der Waals surface area contributed by atoms with Crippen LogP contribution in [0.5, 0.6) is 0 Å². The minimum atomic E-state index is -0.414. The zero-order chi connectivity index (χ0) is 21.1. The molecular formula is C24H22BrN3O. The number of hydrogen-bond donors (Lipinski definition) is 1. The Morgan fingerprint density at radius 3 is 2.48 bits per heavy atom. The van der Waals surface area contributed by atoms with Gasteiger partial charge in [-0.2, -0.15) is 5.26 Å². The van der Waals surface area contributed by atoms with Crippen LogP contribution in [-0.2, 0) is 4.79 Å². The smallest absolute Gasteiger partial charge is 0.266 e. The second-order valence-corrected chi connectivity index (χ2v) is 7.98. The number of benzene rings is 2. The van der Waals surface area contributed by atoms with Crippen molar-refractivity contribution in [1.29, 1.82) is 5.26 Å². The van der Waals surface area contributed by atoms with Gasteiger partial charge in [0, 0.05) is 27.2 Å². The van der Waals surface area contributed by atoms with E-state index in [-0.39, 0.29) is 5.57 Å². The third-order valence-electron chi connectivity index (χ3n) is 4.97. The molecule has 0 aliphatic rings. The molecule has 0 atom stereocenters. The van der Waals surface area contributed by atoms with Gasteiger partial charge in [0.2, 0.25) is 0 Å². The van der Waals surface area contributed by atoms with Crippen molar-refractivity contribution in [1.82, 2.24) is 4.57 Å². The van der Waals surface area contributed by atoms with Crippen LogP contribution in [0.15, 0.2) is 58.6 Å². The van der Waals surface area contributed by atoms with E-state index in [1.807, 2.05) is 82.3 Å². The van der Waals surface area contributed by atoms with E-state index in [0.29, 0.717) is 5.69 Å². The third-order valence-corrected chi connectivity index (χ3v) is 5.46. The van der Waals surface area contributed by atoms with Crippen molar-refractivity contribution in [2.24, 2.45) is 0 Å². The number of halogens is 1. The van der Waals surface area contributed by atoms with Crippen LogP contribution < -0.4 is 5.32 Å². The van der Waals surface area contributed by atoms with Crippen LogP contribution in [0.1, 0.15) is 28.1 Å². The molecule has 0 aliphatic heterocycles. The lowest BCUT2D eigenvalue weighted by molar-refractivity contribution is -0.112. The fourth-order valence-corrected chi connectivity index (χ4v) is 3.66. The van der Waals surface area contributed by atoms with Crippen LogP contribution >= 0.6 is 15.9 Å². The maximum absolute atomic E-state index is 12.6. The Morgan fingerprint density at radius 2 is 1.83 bits per heavy atom. The Morgan fingerprint density at radius 1 is 1.07 bits per heavy atom. The zero-order valence-corrected chi connectivity index (χ0v) is 18.5. The van der Waals surface area contributed by atoms with Crippen LogP contribution in [0, 0.1) is 39.0 Å². The van der Waals surface area contributed by atoms with Gasteiger partial charge in [0.15, 0.2) is 0 Å². The van der Waals surface area contributed by atoms with E-state index in [2.05, 4.69) is 25.8 Å². The predicted octanol–water partition coefficient (Wildman–Crippen LogP) is 6.02. The Balaban J connectivity index is 1.93. The number of anilines is 1. The van der Waals surface area contributed by atoms with Crippen molar-refractivity contribution in [3.8, 4) is 11.8 Å². The van der Waals surface area contributed by atoms with Gasteiger partial charge >= 0.3 is 0 Å². The topological polar surface area (TPSA) is 57.8 Å². The number of rotatable bonds is 4. The molecule has 0 saturated heterocycles. The maximum atomic E-state index is 12.6. The van der Waals surface area contributed by atoms with Gasteiger partial charge in [-0.3, -0.25) is 4.79 Å². The van der Waals surface area contributed by atoms with E-state index in [4.69, 9.17) is 0 Å². The molecule has 146 valence electrons. The summed E-state index contributed by atoms with van der Waals surface area (Å²) in [5.41, 5.74) is 6.84. The molecule has 0 unspecified atom stereocenters. The van der Waals surface area contributed by atoms with Gasteiger partial charge in [0.1, 0.15) is 11.6 Å². The molecule has 1 N–H and O–H groups in total. The molecule has 0 aliphatic carbocycles. The first-order chi connectivity index (χ1) is 13.8. The monoisotopic (exact) mass is 447 g/mol. The lowest BCUT2D eigenvalue weighted by Gasteiger charge is -2.10. The highest BCUT2D eigenvalue weighted by molar-refractivity contribution is 9.10. The van der Waals surface area contributed by atoms with Gasteiger partial charge in [-0.05, 0) is 86.9 Å². The van der Waals surface area contributed by atoms with E-state index in [0.717, 1.165) is 38.2 Å². The highest BCUT2D eigenvalue weighted by Gasteiger charge is 2.14. The van der Waals surface area contributed by atoms with Crippen molar-refractivity contribution in [3.63, 3.8) is 0 Å². The lowest BCUT2D eigenvalue weighted by Crippen LogP contribution is -2.13. The summed E-state index contributed by atoms with van der Waals surface area (Å²) in [5, 5.41) is 12.4. The molecule has 3 rings (SSSR count). The molecular weight excluding hydrogens is 426 g/mol. The van der Waals surface area contributed by atoms with Crippen molar-refractivity contribution < 1.29 is 4.79 Å².